The van der Waals surface area contributed by atoms with Crippen molar-refractivity contribution >= 4 is 22.6 Å². The van der Waals surface area contributed by atoms with Crippen molar-refractivity contribution in [1.82, 2.24) is 19.4 Å². The lowest BCUT2D eigenvalue weighted by atomic mass is 9.99. The topological polar surface area (TPSA) is 24.3 Å². The van der Waals surface area contributed by atoms with Crippen LogP contribution in [0.5, 0.6) is 0 Å². The van der Waals surface area contributed by atoms with Gasteiger partial charge in [-0.1, -0.05) is 66.2 Å². The molecule has 0 amide bonds. The molecule has 0 spiro atoms. The van der Waals surface area contributed by atoms with Gasteiger partial charge in [0.1, 0.15) is 0 Å². The maximum Gasteiger partial charge on any atom is 0.0958 e. The lowest BCUT2D eigenvalue weighted by Gasteiger charge is -2.35. The van der Waals surface area contributed by atoms with E-state index < -0.39 is 0 Å². The van der Waals surface area contributed by atoms with Crippen molar-refractivity contribution in [3.05, 3.63) is 89.7 Å². The fraction of sp³-hybridized carbons (Fsp3) is 0.296. The predicted octanol–water partition coefficient (Wildman–Crippen LogP) is 5.56. The Morgan fingerprint density at radius 3 is 2.25 bits per heavy atom. The minimum absolute atomic E-state index is 0.815. The highest BCUT2D eigenvalue weighted by Crippen LogP contribution is 2.31. The highest BCUT2D eigenvalue weighted by molar-refractivity contribution is 6.33. The van der Waals surface area contributed by atoms with Crippen molar-refractivity contribution < 1.29 is 0 Å². The molecule has 0 atom stereocenters. The molecule has 4 nitrogen and oxygen atoms in total. The molecule has 0 radical (unpaired) electrons. The highest BCUT2D eigenvalue weighted by Gasteiger charge is 2.18. The molecule has 1 fully saturated rings. The zero-order chi connectivity index (χ0) is 21.8. The Hall–Kier alpha value is -2.66. The molecule has 2 heterocycles. The standard InChI is InChI=1S/C27H29ClN4/c28-25-11-4-3-10-24(25)23-9-2-1-8-22(23)20-31-18-16-30(17-19-31)14-7-15-32-21-29-26-12-5-6-13-27(26)32/h1-6,8-13,21H,7,14-20H2. The van der Waals surface area contributed by atoms with Crippen molar-refractivity contribution in [3.63, 3.8) is 0 Å². The van der Waals surface area contributed by atoms with Crippen molar-refractivity contribution in [3.8, 4) is 11.1 Å². The van der Waals surface area contributed by atoms with Gasteiger partial charge in [-0.2, -0.15) is 0 Å². The molecular weight excluding hydrogens is 416 g/mol. The summed E-state index contributed by atoms with van der Waals surface area (Å²) < 4.78 is 2.28. The zero-order valence-electron chi connectivity index (χ0n) is 18.3. The Morgan fingerprint density at radius 2 is 1.41 bits per heavy atom. The van der Waals surface area contributed by atoms with Crippen LogP contribution in [0.25, 0.3) is 22.2 Å². The van der Waals surface area contributed by atoms with Crippen molar-refractivity contribution in [2.45, 2.75) is 19.5 Å². The number of aromatic nitrogens is 2. The molecule has 5 heteroatoms. The van der Waals surface area contributed by atoms with Gasteiger partial charge in [-0.15, -0.1) is 0 Å². The first-order valence-electron chi connectivity index (χ1n) is 11.5. The summed E-state index contributed by atoms with van der Waals surface area (Å²) in [6, 6.07) is 25.2. The first-order valence-corrected chi connectivity index (χ1v) is 11.8. The quantitative estimate of drug-likeness (QED) is 0.372. The Balaban J connectivity index is 1.14. The van der Waals surface area contributed by atoms with E-state index in [1.54, 1.807) is 0 Å². The van der Waals surface area contributed by atoms with Crippen LogP contribution in [0.15, 0.2) is 79.1 Å². The zero-order valence-corrected chi connectivity index (χ0v) is 19.1. The number of halogens is 1. The highest BCUT2D eigenvalue weighted by atomic mass is 35.5. The third-order valence-electron chi connectivity index (χ3n) is 6.44. The van der Waals surface area contributed by atoms with E-state index in [2.05, 4.69) is 73.9 Å². The fourth-order valence-electron chi connectivity index (χ4n) is 4.67. The van der Waals surface area contributed by atoms with Gasteiger partial charge >= 0.3 is 0 Å². The van der Waals surface area contributed by atoms with Gasteiger partial charge in [-0.25, -0.2) is 4.98 Å². The number of rotatable bonds is 7. The first-order chi connectivity index (χ1) is 15.8. The van der Waals surface area contributed by atoms with E-state index in [9.17, 15) is 0 Å². The van der Waals surface area contributed by atoms with E-state index in [-0.39, 0.29) is 0 Å². The molecule has 1 saturated heterocycles. The normalized spacial score (nSPS) is 15.4. The van der Waals surface area contributed by atoms with Crippen LogP contribution in [0.4, 0.5) is 0 Å². The van der Waals surface area contributed by atoms with Gasteiger partial charge in [0.25, 0.3) is 0 Å². The van der Waals surface area contributed by atoms with Gasteiger partial charge in [-0.05, 0) is 42.3 Å². The Bertz CT molecular complexity index is 1180. The van der Waals surface area contributed by atoms with E-state index in [0.29, 0.717) is 0 Å². The van der Waals surface area contributed by atoms with Crippen molar-refractivity contribution in [2.75, 3.05) is 32.7 Å². The molecule has 1 aliphatic rings. The summed E-state index contributed by atoms with van der Waals surface area (Å²) in [6.07, 6.45) is 3.12. The van der Waals surface area contributed by atoms with Crippen LogP contribution in [0.3, 0.4) is 0 Å². The molecule has 0 N–H and O–H groups in total. The van der Waals surface area contributed by atoms with Crippen LogP contribution in [0.2, 0.25) is 5.02 Å². The predicted molar refractivity (Wildman–Crippen MR) is 133 cm³/mol. The van der Waals surface area contributed by atoms with Gasteiger partial charge in [0.2, 0.25) is 0 Å². The Morgan fingerprint density at radius 1 is 0.719 bits per heavy atom. The molecule has 1 aromatic heterocycles. The molecule has 164 valence electrons. The summed E-state index contributed by atoms with van der Waals surface area (Å²) in [5, 5.41) is 0.815. The van der Waals surface area contributed by atoms with E-state index in [4.69, 9.17) is 11.6 Å². The molecular formula is C27H29ClN4. The summed E-state index contributed by atoms with van der Waals surface area (Å²) in [6.45, 7) is 7.58. The molecule has 0 saturated carbocycles. The summed E-state index contributed by atoms with van der Waals surface area (Å²) in [4.78, 5) is 9.66. The van der Waals surface area contributed by atoms with Gasteiger partial charge in [0.15, 0.2) is 0 Å². The van der Waals surface area contributed by atoms with Gasteiger partial charge < -0.3 is 9.47 Å². The first kappa shape index (κ1) is 21.2. The molecule has 3 aromatic carbocycles. The second-order valence-corrected chi connectivity index (χ2v) is 8.94. The SMILES string of the molecule is Clc1ccccc1-c1ccccc1CN1CCN(CCCn2cnc3ccccc32)CC1. The largest absolute Gasteiger partial charge is 0.331 e. The molecule has 4 aromatic rings. The number of fused-ring (bicyclic) bond motifs is 1. The van der Waals surface area contributed by atoms with Crippen LogP contribution >= 0.6 is 11.6 Å². The van der Waals surface area contributed by atoms with E-state index in [1.165, 1.54) is 16.6 Å². The fourth-order valence-corrected chi connectivity index (χ4v) is 4.90. The molecule has 32 heavy (non-hydrogen) atoms. The molecule has 0 unspecified atom stereocenters. The molecule has 1 aliphatic heterocycles. The van der Waals surface area contributed by atoms with E-state index >= 15 is 0 Å². The second kappa shape index (κ2) is 9.86. The van der Waals surface area contributed by atoms with Crippen LogP contribution < -0.4 is 0 Å². The van der Waals surface area contributed by atoms with E-state index in [1.807, 2.05) is 24.5 Å². The Kier molecular flexibility index (Phi) is 6.54. The summed E-state index contributed by atoms with van der Waals surface area (Å²) in [7, 11) is 0. The minimum Gasteiger partial charge on any atom is -0.331 e. The van der Waals surface area contributed by atoms with E-state index in [0.717, 1.165) is 68.3 Å². The van der Waals surface area contributed by atoms with Crippen LogP contribution in [0.1, 0.15) is 12.0 Å². The Labute approximate surface area is 195 Å². The number of aryl methyl sites for hydroxylation is 1. The van der Waals surface area contributed by atoms with Crippen molar-refractivity contribution in [1.29, 1.82) is 0 Å². The van der Waals surface area contributed by atoms with Gasteiger partial charge in [0.05, 0.1) is 17.4 Å². The number of hydrogen-bond donors (Lipinski definition) is 0. The van der Waals surface area contributed by atoms with Gasteiger partial charge in [-0.3, -0.25) is 4.90 Å². The van der Waals surface area contributed by atoms with Crippen LogP contribution in [-0.4, -0.2) is 52.1 Å². The average molecular weight is 445 g/mol. The maximum absolute atomic E-state index is 6.48. The smallest absolute Gasteiger partial charge is 0.0958 e. The number of para-hydroxylation sites is 2. The number of hydrogen-bond acceptors (Lipinski definition) is 3. The van der Waals surface area contributed by atoms with Crippen molar-refractivity contribution in [2.24, 2.45) is 0 Å². The third-order valence-corrected chi connectivity index (χ3v) is 6.77. The lowest BCUT2D eigenvalue weighted by Crippen LogP contribution is -2.46. The third kappa shape index (κ3) is 4.73. The number of piperazine rings is 1. The monoisotopic (exact) mass is 444 g/mol. The number of benzene rings is 3. The summed E-state index contributed by atoms with van der Waals surface area (Å²) in [5.41, 5.74) is 6.03. The van der Waals surface area contributed by atoms with Crippen LogP contribution in [-0.2, 0) is 13.1 Å². The van der Waals surface area contributed by atoms with Gasteiger partial charge in [0, 0.05) is 49.9 Å². The lowest BCUT2D eigenvalue weighted by molar-refractivity contribution is 0.125. The summed E-state index contributed by atoms with van der Waals surface area (Å²) >= 11 is 6.48. The number of nitrogens with zero attached hydrogens (tertiary/aromatic N) is 4. The second-order valence-electron chi connectivity index (χ2n) is 8.54. The van der Waals surface area contributed by atoms with Crippen LogP contribution in [0, 0.1) is 0 Å². The molecule has 5 rings (SSSR count). The summed E-state index contributed by atoms with van der Waals surface area (Å²) in [5.74, 6) is 0. The maximum atomic E-state index is 6.48. The molecule has 0 aliphatic carbocycles. The number of imidazole rings is 1. The minimum atomic E-state index is 0.815. The average Bonchev–Trinajstić information content (AvgIpc) is 3.24. The molecule has 0 bridgehead atoms.